The van der Waals surface area contributed by atoms with Crippen LogP contribution in [-0.4, -0.2) is 47.1 Å². The van der Waals surface area contributed by atoms with Crippen LogP contribution in [0.25, 0.3) is 0 Å². The molecule has 0 bridgehead atoms. The molecule has 0 atom stereocenters. The Labute approximate surface area is 172 Å². The minimum atomic E-state index is -0.0626. The highest BCUT2D eigenvalue weighted by Crippen LogP contribution is 2.14. The molecule has 2 amide bonds. The molecule has 1 aliphatic heterocycles. The summed E-state index contributed by atoms with van der Waals surface area (Å²) in [4.78, 5) is 16.3. The number of carbonyl (C=O) groups excluding carboxylic acids is 1. The van der Waals surface area contributed by atoms with Gasteiger partial charge in [-0.15, -0.1) is 0 Å². The lowest BCUT2D eigenvalue weighted by Crippen LogP contribution is -2.52. The van der Waals surface area contributed by atoms with Gasteiger partial charge in [0.15, 0.2) is 5.11 Å². The third kappa shape index (κ3) is 5.70. The first-order valence-corrected chi connectivity index (χ1v) is 10.3. The van der Waals surface area contributed by atoms with Gasteiger partial charge in [-0.1, -0.05) is 43.7 Å². The van der Waals surface area contributed by atoms with Gasteiger partial charge < -0.3 is 20.4 Å². The number of urea groups is 1. The summed E-state index contributed by atoms with van der Waals surface area (Å²) in [5.74, 6) is 0. The fraction of sp³-hybridized carbons (Fsp3) is 0.364. The number of para-hydroxylation sites is 1. The number of aryl methyl sites for hydroxylation is 1. The highest BCUT2D eigenvalue weighted by atomic mass is 32.1. The summed E-state index contributed by atoms with van der Waals surface area (Å²) in [5, 5.41) is 6.96. The van der Waals surface area contributed by atoms with Gasteiger partial charge in [-0.3, -0.25) is 0 Å². The third-order valence-corrected chi connectivity index (χ3v) is 5.26. The van der Waals surface area contributed by atoms with Gasteiger partial charge >= 0.3 is 6.03 Å². The average Bonchev–Trinajstić information content (AvgIpc) is 2.74. The standard InChI is InChI=1S/C22H28N4OS/c1-2-3-7-18-10-12-20(13-11-18)24-22(28)26-16-14-25(15-17-26)21(27)23-19-8-5-4-6-9-19/h4-6,8-13H,2-3,7,14-17H2,1H3,(H,23,27)(H,24,28). The van der Waals surface area contributed by atoms with E-state index in [-0.39, 0.29) is 6.03 Å². The second-order valence-electron chi connectivity index (χ2n) is 7.00. The van der Waals surface area contributed by atoms with Crippen LogP contribution in [0, 0.1) is 0 Å². The number of benzene rings is 2. The Morgan fingerprint density at radius 2 is 1.50 bits per heavy atom. The molecule has 0 spiro atoms. The molecule has 3 rings (SSSR count). The highest BCUT2D eigenvalue weighted by molar-refractivity contribution is 7.80. The molecule has 1 heterocycles. The Kier molecular flexibility index (Phi) is 7.25. The quantitative estimate of drug-likeness (QED) is 0.727. The van der Waals surface area contributed by atoms with Crippen LogP contribution in [0.3, 0.4) is 0 Å². The number of amides is 2. The molecule has 2 aromatic rings. The fourth-order valence-corrected chi connectivity index (χ4v) is 3.48. The van der Waals surface area contributed by atoms with Crippen LogP contribution in [-0.2, 0) is 6.42 Å². The van der Waals surface area contributed by atoms with Gasteiger partial charge in [-0.25, -0.2) is 4.79 Å². The van der Waals surface area contributed by atoms with Crippen LogP contribution in [0.5, 0.6) is 0 Å². The van der Waals surface area contributed by atoms with Gasteiger partial charge in [0.05, 0.1) is 0 Å². The molecule has 1 fully saturated rings. The summed E-state index contributed by atoms with van der Waals surface area (Å²) in [5.41, 5.74) is 3.18. The molecule has 1 aliphatic rings. The second kappa shape index (κ2) is 10.1. The number of nitrogens with one attached hydrogen (secondary N) is 2. The van der Waals surface area contributed by atoms with E-state index in [1.165, 1.54) is 18.4 Å². The van der Waals surface area contributed by atoms with Crippen LogP contribution in [0.1, 0.15) is 25.3 Å². The SMILES string of the molecule is CCCCc1ccc(NC(=S)N2CCN(C(=O)Nc3ccccc3)CC2)cc1. The number of carbonyl (C=O) groups is 1. The van der Waals surface area contributed by atoms with Crippen LogP contribution >= 0.6 is 12.2 Å². The summed E-state index contributed by atoms with van der Waals surface area (Å²) in [6, 6.07) is 18.0. The minimum absolute atomic E-state index is 0.0626. The molecule has 0 radical (unpaired) electrons. The number of anilines is 2. The lowest BCUT2D eigenvalue weighted by molar-refractivity contribution is 0.182. The van der Waals surface area contributed by atoms with Crippen molar-refractivity contribution in [1.29, 1.82) is 0 Å². The first kappa shape index (κ1) is 20.1. The lowest BCUT2D eigenvalue weighted by atomic mass is 10.1. The van der Waals surface area contributed by atoms with Crippen LogP contribution < -0.4 is 10.6 Å². The number of piperazine rings is 1. The molecule has 0 aromatic heterocycles. The first-order chi connectivity index (χ1) is 13.7. The van der Waals surface area contributed by atoms with E-state index in [9.17, 15) is 4.79 Å². The van der Waals surface area contributed by atoms with E-state index in [1.54, 1.807) is 0 Å². The molecule has 0 unspecified atom stereocenters. The van der Waals surface area contributed by atoms with E-state index >= 15 is 0 Å². The van der Waals surface area contributed by atoms with E-state index in [4.69, 9.17) is 12.2 Å². The van der Waals surface area contributed by atoms with Crippen molar-refractivity contribution in [3.05, 3.63) is 60.2 Å². The second-order valence-corrected chi connectivity index (χ2v) is 7.39. The van der Waals surface area contributed by atoms with Gasteiger partial charge in [0.1, 0.15) is 0 Å². The molecule has 0 aliphatic carbocycles. The van der Waals surface area contributed by atoms with E-state index < -0.39 is 0 Å². The zero-order valence-electron chi connectivity index (χ0n) is 16.4. The first-order valence-electron chi connectivity index (χ1n) is 9.91. The molecule has 2 N–H and O–H groups in total. The van der Waals surface area contributed by atoms with E-state index in [1.807, 2.05) is 35.2 Å². The van der Waals surface area contributed by atoms with Gasteiger partial charge in [0.2, 0.25) is 0 Å². The molecule has 2 aromatic carbocycles. The number of hydrogen-bond acceptors (Lipinski definition) is 2. The van der Waals surface area contributed by atoms with Crippen LogP contribution in [0.15, 0.2) is 54.6 Å². The maximum absolute atomic E-state index is 12.4. The molecule has 1 saturated heterocycles. The lowest BCUT2D eigenvalue weighted by Gasteiger charge is -2.36. The fourth-order valence-electron chi connectivity index (χ4n) is 3.17. The summed E-state index contributed by atoms with van der Waals surface area (Å²) < 4.78 is 0. The van der Waals surface area contributed by atoms with E-state index in [0.29, 0.717) is 18.2 Å². The summed E-state index contributed by atoms with van der Waals surface area (Å²) >= 11 is 5.56. The van der Waals surface area contributed by atoms with Gasteiger partial charge in [0.25, 0.3) is 0 Å². The zero-order chi connectivity index (χ0) is 19.8. The van der Waals surface area contributed by atoms with Crippen molar-refractivity contribution in [1.82, 2.24) is 9.80 Å². The Morgan fingerprint density at radius 1 is 0.893 bits per heavy atom. The number of rotatable bonds is 5. The Hall–Kier alpha value is -2.60. The number of hydrogen-bond donors (Lipinski definition) is 2. The van der Waals surface area contributed by atoms with Crippen molar-refractivity contribution in [3.63, 3.8) is 0 Å². The zero-order valence-corrected chi connectivity index (χ0v) is 17.2. The van der Waals surface area contributed by atoms with Gasteiger partial charge in [-0.2, -0.15) is 0 Å². The minimum Gasteiger partial charge on any atom is -0.345 e. The Bertz CT molecular complexity index is 771. The van der Waals surface area contributed by atoms with E-state index in [2.05, 4.69) is 46.7 Å². The van der Waals surface area contributed by atoms with Crippen molar-refractivity contribution in [2.45, 2.75) is 26.2 Å². The number of thiocarbonyl (C=S) groups is 1. The average molecular weight is 397 g/mol. The van der Waals surface area contributed by atoms with Crippen molar-refractivity contribution in [3.8, 4) is 0 Å². The van der Waals surface area contributed by atoms with Crippen molar-refractivity contribution in [2.24, 2.45) is 0 Å². The van der Waals surface area contributed by atoms with Gasteiger partial charge in [-0.05, 0) is 54.9 Å². The predicted molar refractivity (Wildman–Crippen MR) is 120 cm³/mol. The van der Waals surface area contributed by atoms with Crippen molar-refractivity contribution >= 4 is 34.7 Å². The molecule has 5 nitrogen and oxygen atoms in total. The molecule has 148 valence electrons. The van der Waals surface area contributed by atoms with E-state index in [0.717, 1.165) is 30.9 Å². The summed E-state index contributed by atoms with van der Waals surface area (Å²) in [6.07, 6.45) is 3.54. The van der Waals surface area contributed by atoms with Crippen LogP contribution in [0.2, 0.25) is 0 Å². The maximum Gasteiger partial charge on any atom is 0.321 e. The monoisotopic (exact) mass is 396 g/mol. The molecule has 0 saturated carbocycles. The van der Waals surface area contributed by atoms with Gasteiger partial charge in [0, 0.05) is 37.6 Å². The normalized spacial score (nSPS) is 13.9. The summed E-state index contributed by atoms with van der Waals surface area (Å²) in [6.45, 7) is 4.96. The molecular weight excluding hydrogens is 368 g/mol. The smallest absolute Gasteiger partial charge is 0.321 e. The molecule has 28 heavy (non-hydrogen) atoms. The Morgan fingerprint density at radius 3 is 2.14 bits per heavy atom. The number of nitrogens with zero attached hydrogens (tertiary/aromatic N) is 2. The predicted octanol–water partition coefficient (Wildman–Crippen LogP) is 4.58. The van der Waals surface area contributed by atoms with Crippen molar-refractivity contribution < 1.29 is 4.79 Å². The molecule has 6 heteroatoms. The highest BCUT2D eigenvalue weighted by Gasteiger charge is 2.22. The molecular formula is C22H28N4OS. The van der Waals surface area contributed by atoms with Crippen molar-refractivity contribution in [2.75, 3.05) is 36.8 Å². The number of unbranched alkanes of at least 4 members (excludes halogenated alkanes) is 1. The van der Waals surface area contributed by atoms with Crippen LogP contribution in [0.4, 0.5) is 16.2 Å². The Balaban J connectivity index is 1.45. The summed E-state index contributed by atoms with van der Waals surface area (Å²) in [7, 11) is 0. The largest absolute Gasteiger partial charge is 0.345 e. The topological polar surface area (TPSA) is 47.6 Å². The maximum atomic E-state index is 12.4. The third-order valence-electron chi connectivity index (χ3n) is 4.90.